The number of carbonyl (C=O) groups is 1. The van der Waals surface area contributed by atoms with Crippen LogP contribution < -0.4 is 0 Å². The van der Waals surface area contributed by atoms with Gasteiger partial charge in [-0.1, -0.05) is 65.8 Å². The first kappa shape index (κ1) is 19.2. The number of benzene rings is 2. The minimum Gasteiger partial charge on any atom is -0.511 e. The van der Waals surface area contributed by atoms with Gasteiger partial charge in [0, 0.05) is 23.8 Å². The molecule has 0 aliphatic heterocycles. The highest BCUT2D eigenvalue weighted by molar-refractivity contribution is 7.07. The van der Waals surface area contributed by atoms with Gasteiger partial charge in [-0.05, 0) is 28.0 Å². The third kappa shape index (κ3) is 4.00. The Bertz CT molecular complexity index is 985. The van der Waals surface area contributed by atoms with E-state index < -0.39 is 5.41 Å². The molecule has 4 rings (SSSR count). The number of hydrogen-bond acceptors (Lipinski definition) is 5. The molecule has 2 aromatic carbocycles. The fourth-order valence-corrected chi connectivity index (χ4v) is 4.44. The molecule has 1 heterocycles. The minimum absolute atomic E-state index is 0.0387. The Kier molecular flexibility index (Phi) is 5.58. The third-order valence-corrected chi connectivity index (χ3v) is 6.00. The van der Waals surface area contributed by atoms with Crippen molar-refractivity contribution in [3.8, 4) is 0 Å². The van der Waals surface area contributed by atoms with Crippen molar-refractivity contribution >= 4 is 23.3 Å². The second-order valence-corrected chi connectivity index (χ2v) is 7.87. The number of aliphatic hydroxyl groups excluding tert-OH is 1. The first-order valence-corrected chi connectivity index (χ1v) is 10.4. The lowest BCUT2D eigenvalue weighted by Gasteiger charge is -2.37. The zero-order valence-electron chi connectivity index (χ0n) is 15.8. The predicted octanol–water partition coefficient (Wildman–Crippen LogP) is 5.41. The molecule has 5 heteroatoms. The second-order valence-electron chi connectivity index (χ2n) is 7.09. The minimum atomic E-state index is -0.599. The summed E-state index contributed by atoms with van der Waals surface area (Å²) < 4.78 is 0. The number of hydrogen-bond donors (Lipinski definition) is 1. The van der Waals surface area contributed by atoms with Crippen LogP contribution in [-0.2, 0) is 21.7 Å². The topological polar surface area (TPSA) is 58.9 Å². The monoisotopic (exact) mass is 403 g/mol. The Hall–Kier alpha value is -3.18. The summed E-state index contributed by atoms with van der Waals surface area (Å²) in [5.41, 5.74) is 2.66. The summed E-state index contributed by atoms with van der Waals surface area (Å²) >= 11 is 1.59. The molecule has 0 unspecified atom stereocenters. The van der Waals surface area contributed by atoms with Crippen LogP contribution in [0.2, 0.25) is 0 Å². The third-order valence-electron chi connectivity index (χ3n) is 5.26. The molecule has 0 fully saturated rings. The van der Waals surface area contributed by atoms with Crippen LogP contribution in [0.5, 0.6) is 0 Å². The summed E-state index contributed by atoms with van der Waals surface area (Å²) in [4.78, 5) is 18.3. The molecule has 146 valence electrons. The number of thiophene rings is 1. The molecule has 4 nitrogen and oxygen atoms in total. The van der Waals surface area contributed by atoms with E-state index in [1.54, 1.807) is 11.3 Å². The fraction of sp³-hybridized carbons (Fsp3) is 0.167. The van der Waals surface area contributed by atoms with E-state index in [1.807, 2.05) is 77.5 Å². The summed E-state index contributed by atoms with van der Waals surface area (Å²) in [7, 11) is 0. The molecular formula is C24H21NO3S. The molecule has 0 radical (unpaired) electrons. The van der Waals surface area contributed by atoms with Gasteiger partial charge in [0.2, 0.25) is 0 Å². The lowest BCUT2D eigenvalue weighted by Crippen LogP contribution is -2.36. The van der Waals surface area contributed by atoms with Gasteiger partial charge in [-0.3, -0.25) is 4.79 Å². The number of allylic oxidation sites excluding steroid dienone is 2. The number of oxime groups is 1. The van der Waals surface area contributed by atoms with Gasteiger partial charge in [0.25, 0.3) is 0 Å². The van der Waals surface area contributed by atoms with E-state index in [2.05, 4.69) is 5.16 Å². The maximum atomic E-state index is 13.0. The molecule has 0 atom stereocenters. The van der Waals surface area contributed by atoms with Crippen molar-refractivity contribution < 1.29 is 14.7 Å². The van der Waals surface area contributed by atoms with Gasteiger partial charge in [0.15, 0.2) is 5.78 Å². The van der Waals surface area contributed by atoms with Crippen molar-refractivity contribution in [1.82, 2.24) is 0 Å². The Balaban J connectivity index is 1.63. The van der Waals surface area contributed by atoms with Gasteiger partial charge in [0.1, 0.15) is 12.4 Å². The predicted molar refractivity (Wildman–Crippen MR) is 115 cm³/mol. The van der Waals surface area contributed by atoms with E-state index in [-0.39, 0.29) is 23.5 Å². The van der Waals surface area contributed by atoms with Crippen LogP contribution in [0.1, 0.15) is 29.5 Å². The van der Waals surface area contributed by atoms with Crippen LogP contribution in [0.3, 0.4) is 0 Å². The van der Waals surface area contributed by atoms with Crippen LogP contribution in [0.25, 0.3) is 0 Å². The first-order chi connectivity index (χ1) is 14.2. The van der Waals surface area contributed by atoms with E-state index in [9.17, 15) is 9.90 Å². The van der Waals surface area contributed by atoms with Crippen molar-refractivity contribution in [2.24, 2.45) is 5.16 Å². The molecule has 0 saturated carbocycles. The summed E-state index contributed by atoms with van der Waals surface area (Å²) in [6, 6.07) is 21.7. The number of nitrogens with zero attached hydrogens (tertiary/aromatic N) is 1. The Morgan fingerprint density at radius 2 is 1.66 bits per heavy atom. The number of Topliss-reactive ketones (excluding diaryl/α,β-unsaturated/α-hetero) is 1. The Morgan fingerprint density at radius 3 is 2.21 bits per heavy atom. The van der Waals surface area contributed by atoms with Gasteiger partial charge < -0.3 is 9.94 Å². The zero-order chi connectivity index (χ0) is 20.1. The lowest BCUT2D eigenvalue weighted by molar-refractivity contribution is -0.116. The van der Waals surface area contributed by atoms with Gasteiger partial charge in [0.05, 0.1) is 11.8 Å². The summed E-state index contributed by atoms with van der Waals surface area (Å²) in [6.45, 7) is 0.334. The molecule has 1 aliphatic rings. The summed E-state index contributed by atoms with van der Waals surface area (Å²) in [5.74, 6) is -0.110. The molecule has 0 amide bonds. The highest BCUT2D eigenvalue weighted by Gasteiger charge is 2.42. The maximum Gasteiger partial charge on any atom is 0.169 e. The zero-order valence-corrected chi connectivity index (χ0v) is 16.6. The normalized spacial score (nSPS) is 16.3. The molecule has 1 aliphatic carbocycles. The van der Waals surface area contributed by atoms with Crippen LogP contribution in [0, 0.1) is 0 Å². The maximum absolute atomic E-state index is 13.0. The van der Waals surface area contributed by atoms with Crippen molar-refractivity contribution in [1.29, 1.82) is 0 Å². The van der Waals surface area contributed by atoms with Crippen molar-refractivity contribution in [3.05, 3.63) is 106 Å². The highest BCUT2D eigenvalue weighted by Crippen LogP contribution is 2.44. The number of ketones is 1. The highest BCUT2D eigenvalue weighted by atomic mass is 32.1. The SMILES string of the molecule is O=C1CC(c2ccccc2)(c2ccccc2)CC(O)=C1C=NOCc1ccsc1. The van der Waals surface area contributed by atoms with Gasteiger partial charge in [-0.25, -0.2) is 0 Å². The Morgan fingerprint density at radius 1 is 1.00 bits per heavy atom. The van der Waals surface area contributed by atoms with Crippen LogP contribution in [0.15, 0.2) is 94.0 Å². The second kappa shape index (κ2) is 8.45. The average Bonchev–Trinajstić information content (AvgIpc) is 3.27. The Labute approximate surface area is 173 Å². The molecular weight excluding hydrogens is 382 g/mol. The standard InChI is InChI=1S/C24H21NO3S/c26-22-13-24(19-7-3-1-4-8-19,20-9-5-2-6-10-20)14-23(27)21(22)15-25-28-16-18-11-12-29-17-18/h1-12,15,17,26H,13-14,16H2. The summed E-state index contributed by atoms with van der Waals surface area (Å²) in [5, 5.41) is 18.6. The van der Waals surface area contributed by atoms with E-state index in [0.717, 1.165) is 16.7 Å². The molecule has 0 bridgehead atoms. The smallest absolute Gasteiger partial charge is 0.169 e. The van der Waals surface area contributed by atoms with Crippen molar-refractivity contribution in [2.75, 3.05) is 0 Å². The van der Waals surface area contributed by atoms with Gasteiger partial charge >= 0.3 is 0 Å². The largest absolute Gasteiger partial charge is 0.511 e. The van der Waals surface area contributed by atoms with Crippen LogP contribution in [-0.4, -0.2) is 17.1 Å². The van der Waals surface area contributed by atoms with E-state index in [4.69, 9.17) is 4.84 Å². The van der Waals surface area contributed by atoms with Gasteiger partial charge in [-0.15, -0.1) is 0 Å². The number of rotatable bonds is 6. The molecule has 1 aromatic heterocycles. The first-order valence-electron chi connectivity index (χ1n) is 9.42. The van der Waals surface area contributed by atoms with Crippen LogP contribution >= 0.6 is 11.3 Å². The molecule has 29 heavy (non-hydrogen) atoms. The van der Waals surface area contributed by atoms with Gasteiger partial charge in [-0.2, -0.15) is 11.3 Å². The van der Waals surface area contributed by atoms with E-state index >= 15 is 0 Å². The lowest BCUT2D eigenvalue weighted by atomic mass is 9.65. The van der Waals surface area contributed by atoms with Crippen molar-refractivity contribution in [3.63, 3.8) is 0 Å². The van der Waals surface area contributed by atoms with E-state index in [0.29, 0.717) is 13.0 Å². The number of aliphatic hydroxyl groups is 1. The molecule has 3 aromatic rings. The van der Waals surface area contributed by atoms with E-state index in [1.165, 1.54) is 6.21 Å². The summed E-state index contributed by atoms with van der Waals surface area (Å²) in [6.07, 6.45) is 1.93. The molecule has 0 spiro atoms. The molecule has 0 saturated heterocycles. The average molecular weight is 404 g/mol. The van der Waals surface area contributed by atoms with Crippen LogP contribution in [0.4, 0.5) is 0 Å². The van der Waals surface area contributed by atoms with Crippen molar-refractivity contribution in [2.45, 2.75) is 24.9 Å². The fourth-order valence-electron chi connectivity index (χ4n) is 3.79. The quantitative estimate of drug-likeness (QED) is 0.442. The molecule has 1 N–H and O–H groups in total. The number of carbonyl (C=O) groups excluding carboxylic acids is 1.